The van der Waals surface area contributed by atoms with Crippen LogP contribution in [-0.4, -0.2) is 44.1 Å². The summed E-state index contributed by atoms with van der Waals surface area (Å²) in [6, 6.07) is 13.1. The third-order valence-corrected chi connectivity index (χ3v) is 6.12. The number of rotatable bonds is 9. The normalized spacial score (nSPS) is 10.3. The zero-order valence-electron chi connectivity index (χ0n) is 19.9. The van der Waals surface area contributed by atoms with E-state index >= 15 is 0 Å². The Morgan fingerprint density at radius 1 is 0.972 bits per heavy atom. The number of methoxy groups -OCH3 is 1. The third-order valence-electron chi connectivity index (χ3n) is 4.92. The van der Waals surface area contributed by atoms with E-state index < -0.39 is 30.4 Å². The van der Waals surface area contributed by atoms with Crippen LogP contribution in [0.1, 0.15) is 42.9 Å². The zero-order chi connectivity index (χ0) is 26.2. The molecule has 3 rings (SSSR count). The van der Waals surface area contributed by atoms with Crippen molar-refractivity contribution in [2.24, 2.45) is 0 Å². The van der Waals surface area contributed by atoms with E-state index in [2.05, 4.69) is 10.6 Å². The van der Waals surface area contributed by atoms with Crippen LogP contribution < -0.4 is 21.1 Å². The molecule has 188 valence electrons. The Morgan fingerprint density at radius 3 is 2.33 bits per heavy atom. The van der Waals surface area contributed by atoms with Gasteiger partial charge in [-0.2, -0.15) is 0 Å². The summed E-state index contributed by atoms with van der Waals surface area (Å²) in [6.45, 7) is 2.71. The van der Waals surface area contributed by atoms with Crippen LogP contribution in [0.15, 0.2) is 48.5 Å². The maximum atomic E-state index is 12.9. The van der Waals surface area contributed by atoms with E-state index in [1.807, 2.05) is 6.07 Å². The van der Waals surface area contributed by atoms with E-state index in [4.69, 9.17) is 19.9 Å². The Balaban J connectivity index is 1.75. The summed E-state index contributed by atoms with van der Waals surface area (Å²) in [7, 11) is 1.45. The predicted molar refractivity (Wildman–Crippen MR) is 136 cm³/mol. The molecule has 0 fully saturated rings. The van der Waals surface area contributed by atoms with Gasteiger partial charge in [-0.05, 0) is 49.7 Å². The minimum Gasteiger partial charge on any atom is -0.495 e. The highest BCUT2D eigenvalue weighted by atomic mass is 32.1. The van der Waals surface area contributed by atoms with Crippen LogP contribution in [0.2, 0.25) is 0 Å². The van der Waals surface area contributed by atoms with E-state index in [-0.39, 0.29) is 33.3 Å². The number of thiophene rings is 1. The molecule has 11 heteroatoms. The Kier molecular flexibility index (Phi) is 8.63. The van der Waals surface area contributed by atoms with Crippen molar-refractivity contribution in [1.29, 1.82) is 0 Å². The number of anilines is 3. The second-order valence-electron chi connectivity index (χ2n) is 7.38. The molecular formula is C25H25N3O7S. The zero-order valence-corrected chi connectivity index (χ0v) is 20.7. The van der Waals surface area contributed by atoms with Gasteiger partial charge in [-0.3, -0.25) is 9.59 Å². The predicted octanol–water partition coefficient (Wildman–Crippen LogP) is 3.87. The lowest BCUT2D eigenvalue weighted by Crippen LogP contribution is -2.22. The number of para-hydroxylation sites is 1. The van der Waals surface area contributed by atoms with Gasteiger partial charge in [0.05, 0.1) is 35.4 Å². The van der Waals surface area contributed by atoms with Gasteiger partial charge < -0.3 is 30.6 Å². The third kappa shape index (κ3) is 6.19. The van der Waals surface area contributed by atoms with Crippen molar-refractivity contribution in [3.8, 4) is 5.75 Å². The molecule has 10 nitrogen and oxygen atoms in total. The highest BCUT2D eigenvalue weighted by Crippen LogP contribution is 2.34. The number of nitrogens with one attached hydrogen (secondary N) is 2. The minimum atomic E-state index is -0.768. The Labute approximate surface area is 211 Å². The lowest BCUT2D eigenvalue weighted by molar-refractivity contribution is -0.119. The quantitative estimate of drug-likeness (QED) is 0.290. The molecule has 0 aliphatic heterocycles. The molecule has 0 aliphatic carbocycles. The summed E-state index contributed by atoms with van der Waals surface area (Å²) in [5.74, 6) is -2.21. The topological polar surface area (TPSA) is 146 Å². The van der Waals surface area contributed by atoms with Gasteiger partial charge in [0.15, 0.2) is 6.61 Å². The van der Waals surface area contributed by atoms with Gasteiger partial charge in [-0.15, -0.1) is 11.3 Å². The van der Waals surface area contributed by atoms with Crippen LogP contribution in [0.25, 0.3) is 0 Å². The van der Waals surface area contributed by atoms with Crippen LogP contribution in [-0.2, 0) is 14.3 Å². The fourth-order valence-corrected chi connectivity index (χ4v) is 4.32. The number of carbonyl (C=O) groups excluding carboxylic acids is 4. The number of hydrogen-bond donors (Lipinski definition) is 3. The van der Waals surface area contributed by atoms with Crippen LogP contribution >= 0.6 is 11.3 Å². The summed E-state index contributed by atoms with van der Waals surface area (Å²) in [5, 5.41) is 5.41. The second kappa shape index (κ2) is 11.8. The average molecular weight is 512 g/mol. The lowest BCUT2D eigenvalue weighted by Gasteiger charge is -2.09. The van der Waals surface area contributed by atoms with E-state index in [0.29, 0.717) is 17.0 Å². The molecule has 0 saturated carbocycles. The Morgan fingerprint density at radius 2 is 1.69 bits per heavy atom. The van der Waals surface area contributed by atoms with E-state index in [1.165, 1.54) is 25.3 Å². The number of amides is 2. The first kappa shape index (κ1) is 26.2. The van der Waals surface area contributed by atoms with Crippen molar-refractivity contribution in [1.82, 2.24) is 0 Å². The second-order valence-corrected chi connectivity index (χ2v) is 8.40. The smallest absolute Gasteiger partial charge is 0.341 e. The number of benzene rings is 2. The number of nitrogens with two attached hydrogens (primary N) is 1. The molecule has 2 aromatic carbocycles. The Bertz CT molecular complexity index is 1290. The van der Waals surface area contributed by atoms with Gasteiger partial charge >= 0.3 is 11.9 Å². The molecule has 1 aromatic heterocycles. The molecule has 0 aliphatic rings. The van der Waals surface area contributed by atoms with Gasteiger partial charge in [0.25, 0.3) is 11.8 Å². The standard InChI is InChI=1S/C25H25N3O7S/c1-4-34-25(32)20-14(2)21(22(30)27-16-8-6-5-7-9-16)36-23(20)28-19(29)13-35-24(31)15-10-11-18(33-3)17(26)12-15/h5-12H,4,13,26H2,1-3H3,(H,27,30)(H,28,29). The Hall–Kier alpha value is -4.38. The number of esters is 2. The SMILES string of the molecule is CCOC(=O)c1c(NC(=O)COC(=O)c2ccc(OC)c(N)c2)sc(C(=O)Nc2ccccc2)c1C. The van der Waals surface area contributed by atoms with E-state index in [9.17, 15) is 19.2 Å². The summed E-state index contributed by atoms with van der Waals surface area (Å²) in [4.78, 5) is 50.5. The molecule has 36 heavy (non-hydrogen) atoms. The average Bonchev–Trinajstić information content (AvgIpc) is 3.18. The van der Waals surface area contributed by atoms with Crippen molar-refractivity contribution in [3.05, 3.63) is 70.1 Å². The lowest BCUT2D eigenvalue weighted by atomic mass is 10.1. The first-order chi connectivity index (χ1) is 17.2. The number of hydrogen-bond acceptors (Lipinski definition) is 9. The summed E-state index contributed by atoms with van der Waals surface area (Å²) >= 11 is 0.917. The summed E-state index contributed by atoms with van der Waals surface area (Å²) < 4.78 is 15.2. The summed E-state index contributed by atoms with van der Waals surface area (Å²) in [6.07, 6.45) is 0. The first-order valence-corrected chi connectivity index (χ1v) is 11.6. The molecule has 0 radical (unpaired) electrons. The molecule has 0 spiro atoms. The van der Waals surface area contributed by atoms with Crippen molar-refractivity contribution < 1.29 is 33.4 Å². The van der Waals surface area contributed by atoms with Crippen LogP contribution in [0.4, 0.5) is 16.4 Å². The minimum absolute atomic E-state index is 0.0580. The monoisotopic (exact) mass is 511 g/mol. The number of carbonyl (C=O) groups is 4. The number of nitrogen functional groups attached to an aromatic ring is 1. The van der Waals surface area contributed by atoms with Crippen molar-refractivity contribution in [2.75, 3.05) is 36.7 Å². The van der Waals surface area contributed by atoms with Crippen LogP contribution in [0.3, 0.4) is 0 Å². The van der Waals surface area contributed by atoms with E-state index in [0.717, 1.165) is 11.3 Å². The molecule has 0 bridgehead atoms. The fraction of sp³-hybridized carbons (Fsp3) is 0.200. The molecule has 2 amide bonds. The van der Waals surface area contributed by atoms with Crippen LogP contribution in [0.5, 0.6) is 5.75 Å². The van der Waals surface area contributed by atoms with Gasteiger partial charge in [-0.1, -0.05) is 18.2 Å². The molecule has 3 aromatic rings. The maximum absolute atomic E-state index is 12.9. The molecular weight excluding hydrogens is 486 g/mol. The molecule has 1 heterocycles. The molecule has 4 N–H and O–H groups in total. The largest absolute Gasteiger partial charge is 0.495 e. The van der Waals surface area contributed by atoms with Gasteiger partial charge in [0.1, 0.15) is 10.8 Å². The summed E-state index contributed by atoms with van der Waals surface area (Å²) in [5.41, 5.74) is 7.17. The molecule has 0 unspecified atom stereocenters. The van der Waals surface area contributed by atoms with Crippen molar-refractivity contribution in [3.63, 3.8) is 0 Å². The maximum Gasteiger partial charge on any atom is 0.341 e. The van der Waals surface area contributed by atoms with E-state index in [1.54, 1.807) is 38.1 Å². The number of ether oxygens (including phenoxy) is 3. The van der Waals surface area contributed by atoms with Crippen molar-refractivity contribution >= 4 is 51.5 Å². The highest BCUT2D eigenvalue weighted by molar-refractivity contribution is 7.19. The highest BCUT2D eigenvalue weighted by Gasteiger charge is 2.27. The first-order valence-electron chi connectivity index (χ1n) is 10.8. The molecule has 0 atom stereocenters. The molecule has 0 saturated heterocycles. The fourth-order valence-electron chi connectivity index (χ4n) is 3.21. The van der Waals surface area contributed by atoms with Crippen molar-refractivity contribution in [2.45, 2.75) is 13.8 Å². The van der Waals surface area contributed by atoms with Gasteiger partial charge in [0.2, 0.25) is 0 Å². The van der Waals surface area contributed by atoms with Gasteiger partial charge in [-0.25, -0.2) is 9.59 Å². The van der Waals surface area contributed by atoms with Crippen LogP contribution in [0, 0.1) is 6.92 Å². The van der Waals surface area contributed by atoms with Gasteiger partial charge in [0, 0.05) is 5.69 Å².